The monoisotopic (exact) mass is 272 g/mol. The van der Waals surface area contributed by atoms with Crippen LogP contribution >= 0.6 is 0 Å². The van der Waals surface area contributed by atoms with E-state index in [1.165, 1.54) is 0 Å². The Bertz CT molecular complexity index is 597. The van der Waals surface area contributed by atoms with Crippen LogP contribution < -0.4 is 15.2 Å². The lowest BCUT2D eigenvalue weighted by molar-refractivity contribution is 0.288. The average molecular weight is 272 g/mol. The highest BCUT2D eigenvalue weighted by atomic mass is 16.5. The van der Waals surface area contributed by atoms with E-state index in [9.17, 15) is 0 Å². The first-order valence-electron chi connectivity index (χ1n) is 6.78. The van der Waals surface area contributed by atoms with Crippen LogP contribution in [-0.4, -0.2) is 18.2 Å². The summed E-state index contributed by atoms with van der Waals surface area (Å²) in [5, 5.41) is 0. The molecular weight excluding hydrogens is 252 g/mol. The van der Waals surface area contributed by atoms with Crippen molar-refractivity contribution < 1.29 is 9.47 Å². The Balaban J connectivity index is 2.41. The van der Waals surface area contributed by atoms with Crippen molar-refractivity contribution in [1.29, 1.82) is 0 Å². The number of nitrogen functional groups attached to an aromatic ring is 1. The van der Waals surface area contributed by atoms with Crippen LogP contribution in [0, 0.1) is 6.92 Å². The highest BCUT2D eigenvalue weighted by molar-refractivity contribution is 5.65. The molecule has 0 amide bonds. The van der Waals surface area contributed by atoms with Gasteiger partial charge in [0, 0.05) is 5.56 Å². The lowest BCUT2D eigenvalue weighted by atomic mass is 10.1. The molecule has 1 aromatic heterocycles. The minimum Gasteiger partial charge on any atom is -0.490 e. The summed E-state index contributed by atoms with van der Waals surface area (Å²) < 4.78 is 11.2. The summed E-state index contributed by atoms with van der Waals surface area (Å²) >= 11 is 0. The number of nitrogens with zero attached hydrogens (tertiary/aromatic N) is 1. The SMILES string of the molecule is CCOc1ccc(-c2ccc(N)c(C)n2)cc1OCC. The van der Waals surface area contributed by atoms with E-state index in [0.29, 0.717) is 18.9 Å². The van der Waals surface area contributed by atoms with Crippen LogP contribution in [0.2, 0.25) is 0 Å². The topological polar surface area (TPSA) is 57.4 Å². The molecule has 2 rings (SSSR count). The lowest BCUT2D eigenvalue weighted by Crippen LogP contribution is -1.99. The Hall–Kier alpha value is -2.23. The first kappa shape index (κ1) is 14.2. The van der Waals surface area contributed by atoms with Crippen LogP contribution in [0.4, 0.5) is 5.69 Å². The van der Waals surface area contributed by atoms with Gasteiger partial charge in [-0.05, 0) is 51.1 Å². The zero-order valence-electron chi connectivity index (χ0n) is 12.1. The molecule has 0 saturated heterocycles. The van der Waals surface area contributed by atoms with Gasteiger partial charge in [0.05, 0.1) is 30.3 Å². The fourth-order valence-electron chi connectivity index (χ4n) is 1.94. The predicted molar refractivity (Wildman–Crippen MR) is 81.2 cm³/mol. The summed E-state index contributed by atoms with van der Waals surface area (Å²) in [4.78, 5) is 4.50. The molecule has 0 saturated carbocycles. The van der Waals surface area contributed by atoms with E-state index in [1.54, 1.807) is 0 Å². The molecule has 0 bridgehead atoms. The predicted octanol–water partition coefficient (Wildman–Crippen LogP) is 3.44. The maximum atomic E-state index is 5.80. The Morgan fingerprint density at radius 1 is 1.00 bits per heavy atom. The summed E-state index contributed by atoms with van der Waals surface area (Å²) in [6.07, 6.45) is 0. The van der Waals surface area contributed by atoms with Gasteiger partial charge in [0.1, 0.15) is 0 Å². The van der Waals surface area contributed by atoms with Gasteiger partial charge in [-0.3, -0.25) is 4.98 Å². The highest BCUT2D eigenvalue weighted by Gasteiger charge is 2.09. The molecule has 0 aliphatic rings. The van der Waals surface area contributed by atoms with E-state index >= 15 is 0 Å². The Morgan fingerprint density at radius 3 is 2.35 bits per heavy atom. The second kappa shape index (κ2) is 6.28. The van der Waals surface area contributed by atoms with Crippen molar-refractivity contribution in [1.82, 2.24) is 4.98 Å². The molecule has 4 nitrogen and oxygen atoms in total. The van der Waals surface area contributed by atoms with Crippen LogP contribution in [-0.2, 0) is 0 Å². The molecule has 106 valence electrons. The van der Waals surface area contributed by atoms with Crippen LogP contribution in [0.15, 0.2) is 30.3 Å². The van der Waals surface area contributed by atoms with Gasteiger partial charge in [0.25, 0.3) is 0 Å². The van der Waals surface area contributed by atoms with Crippen molar-refractivity contribution in [3.63, 3.8) is 0 Å². The Morgan fingerprint density at radius 2 is 1.70 bits per heavy atom. The normalized spacial score (nSPS) is 10.3. The number of hydrogen-bond donors (Lipinski definition) is 1. The number of hydrogen-bond acceptors (Lipinski definition) is 4. The zero-order chi connectivity index (χ0) is 14.5. The molecule has 0 fully saturated rings. The van der Waals surface area contributed by atoms with Crippen molar-refractivity contribution in [2.75, 3.05) is 18.9 Å². The first-order chi connectivity index (χ1) is 9.65. The maximum absolute atomic E-state index is 5.80. The molecule has 0 unspecified atom stereocenters. The number of aromatic nitrogens is 1. The summed E-state index contributed by atoms with van der Waals surface area (Å²) in [7, 11) is 0. The minimum atomic E-state index is 0.595. The molecule has 2 N–H and O–H groups in total. The van der Waals surface area contributed by atoms with Crippen LogP contribution in [0.5, 0.6) is 11.5 Å². The first-order valence-corrected chi connectivity index (χ1v) is 6.78. The van der Waals surface area contributed by atoms with Gasteiger partial charge in [-0.1, -0.05) is 0 Å². The quantitative estimate of drug-likeness (QED) is 0.905. The number of benzene rings is 1. The van der Waals surface area contributed by atoms with Gasteiger partial charge >= 0.3 is 0 Å². The van der Waals surface area contributed by atoms with Gasteiger partial charge in [-0.25, -0.2) is 0 Å². The standard InChI is InChI=1S/C16H20N2O2/c1-4-19-15-9-6-12(10-16(15)20-5-2)14-8-7-13(17)11(3)18-14/h6-10H,4-5,17H2,1-3H3. The summed E-state index contributed by atoms with van der Waals surface area (Å²) in [6.45, 7) is 7.01. The number of nitrogens with two attached hydrogens (primary N) is 1. The number of pyridine rings is 1. The van der Waals surface area contributed by atoms with Gasteiger partial charge in [0.2, 0.25) is 0 Å². The molecule has 0 atom stereocenters. The molecule has 20 heavy (non-hydrogen) atoms. The third-order valence-corrected chi connectivity index (χ3v) is 2.97. The maximum Gasteiger partial charge on any atom is 0.161 e. The molecular formula is C16H20N2O2. The third-order valence-electron chi connectivity index (χ3n) is 2.97. The van der Waals surface area contributed by atoms with Crippen molar-refractivity contribution in [3.8, 4) is 22.8 Å². The van der Waals surface area contributed by atoms with Gasteiger partial charge in [-0.2, -0.15) is 0 Å². The smallest absolute Gasteiger partial charge is 0.161 e. The summed E-state index contributed by atoms with van der Waals surface area (Å²) in [5.41, 5.74) is 9.19. The summed E-state index contributed by atoms with van der Waals surface area (Å²) in [6, 6.07) is 9.62. The molecule has 0 radical (unpaired) electrons. The lowest BCUT2D eigenvalue weighted by Gasteiger charge is -2.12. The van der Waals surface area contributed by atoms with Gasteiger partial charge in [-0.15, -0.1) is 0 Å². The Labute approximate surface area is 119 Å². The zero-order valence-corrected chi connectivity index (χ0v) is 12.1. The third kappa shape index (κ3) is 3.02. The number of aryl methyl sites for hydroxylation is 1. The second-order valence-corrected chi connectivity index (χ2v) is 4.40. The summed E-state index contributed by atoms with van der Waals surface area (Å²) in [5.74, 6) is 1.49. The van der Waals surface area contributed by atoms with Crippen molar-refractivity contribution in [2.45, 2.75) is 20.8 Å². The fraction of sp³-hybridized carbons (Fsp3) is 0.312. The molecule has 1 heterocycles. The molecule has 0 aliphatic heterocycles. The van der Waals surface area contributed by atoms with E-state index in [-0.39, 0.29) is 0 Å². The van der Waals surface area contributed by atoms with Crippen molar-refractivity contribution in [3.05, 3.63) is 36.0 Å². The van der Waals surface area contributed by atoms with Crippen LogP contribution in [0.1, 0.15) is 19.5 Å². The number of rotatable bonds is 5. The van der Waals surface area contributed by atoms with Crippen LogP contribution in [0.25, 0.3) is 11.3 Å². The van der Waals surface area contributed by atoms with E-state index in [1.807, 2.05) is 51.1 Å². The molecule has 2 aromatic rings. The molecule has 1 aromatic carbocycles. The van der Waals surface area contributed by atoms with E-state index in [0.717, 1.165) is 28.5 Å². The minimum absolute atomic E-state index is 0.595. The van der Waals surface area contributed by atoms with E-state index < -0.39 is 0 Å². The van der Waals surface area contributed by atoms with E-state index in [2.05, 4.69) is 4.98 Å². The van der Waals surface area contributed by atoms with Crippen LogP contribution in [0.3, 0.4) is 0 Å². The van der Waals surface area contributed by atoms with Gasteiger partial charge < -0.3 is 15.2 Å². The number of ether oxygens (including phenoxy) is 2. The fourth-order valence-corrected chi connectivity index (χ4v) is 1.94. The largest absolute Gasteiger partial charge is 0.490 e. The number of anilines is 1. The van der Waals surface area contributed by atoms with Crippen molar-refractivity contribution in [2.24, 2.45) is 0 Å². The highest BCUT2D eigenvalue weighted by Crippen LogP contribution is 2.32. The molecule has 0 aliphatic carbocycles. The molecule has 4 heteroatoms. The second-order valence-electron chi connectivity index (χ2n) is 4.40. The molecule has 0 spiro atoms. The Kier molecular flexibility index (Phi) is 4.45. The van der Waals surface area contributed by atoms with E-state index in [4.69, 9.17) is 15.2 Å². The average Bonchev–Trinajstić information content (AvgIpc) is 2.44. The van der Waals surface area contributed by atoms with Gasteiger partial charge in [0.15, 0.2) is 11.5 Å². The van der Waals surface area contributed by atoms with Crippen molar-refractivity contribution >= 4 is 5.69 Å².